The molecule has 11 heteroatoms. The minimum atomic E-state index is -4.17. The minimum absolute atomic E-state index is 0.0171. The van der Waals surface area contributed by atoms with Gasteiger partial charge in [-0.25, -0.2) is 9.18 Å². The molecule has 0 aliphatic heterocycles. The number of halogens is 2. The van der Waals surface area contributed by atoms with E-state index in [0.717, 1.165) is 11.1 Å². The summed E-state index contributed by atoms with van der Waals surface area (Å²) in [5.74, 6) is -0.750. The molecule has 0 saturated carbocycles. The lowest BCUT2D eigenvalue weighted by Gasteiger charge is -2.20. The van der Waals surface area contributed by atoms with Gasteiger partial charge in [0, 0.05) is 28.9 Å². The van der Waals surface area contributed by atoms with Gasteiger partial charge in [0.25, 0.3) is 10.0 Å². The third-order valence-corrected chi connectivity index (χ3v) is 7.35. The van der Waals surface area contributed by atoms with Gasteiger partial charge in [-0.1, -0.05) is 48.0 Å². The van der Waals surface area contributed by atoms with Crippen LogP contribution in [0.15, 0.2) is 94.4 Å². The van der Waals surface area contributed by atoms with Crippen LogP contribution in [0.4, 0.5) is 9.18 Å². The normalized spacial score (nSPS) is 12.1. The number of ether oxygens (including phenoxy) is 1. The maximum absolute atomic E-state index is 15.0. The summed E-state index contributed by atoms with van der Waals surface area (Å²) in [6, 6.07) is 21.4. The number of benzene rings is 3. The number of aromatic nitrogens is 1. The second-order valence-corrected chi connectivity index (χ2v) is 12.5. The number of sulfonamides is 1. The van der Waals surface area contributed by atoms with Crippen molar-refractivity contribution in [1.82, 2.24) is 15.6 Å². The summed E-state index contributed by atoms with van der Waals surface area (Å²) in [5, 5.41) is 5.80. The summed E-state index contributed by atoms with van der Waals surface area (Å²) < 4.78 is 50.0. The maximum Gasteiger partial charge on any atom is 0.414 e. The molecule has 42 heavy (non-hydrogen) atoms. The zero-order chi connectivity index (χ0) is 30.5. The van der Waals surface area contributed by atoms with E-state index in [2.05, 4.69) is 20.0 Å². The fourth-order valence-corrected chi connectivity index (χ4v) is 5.01. The Bertz CT molecular complexity index is 1720. The molecule has 0 saturated heterocycles. The highest BCUT2D eigenvalue weighted by molar-refractivity contribution is 7.90. The maximum atomic E-state index is 15.0. The molecule has 4 rings (SSSR count). The Kier molecular flexibility index (Phi) is 9.28. The van der Waals surface area contributed by atoms with Crippen LogP contribution in [0.25, 0.3) is 22.4 Å². The molecule has 0 atom stereocenters. The molecule has 1 aromatic heterocycles. The number of rotatable bonds is 6. The van der Waals surface area contributed by atoms with Crippen molar-refractivity contribution in [2.45, 2.75) is 44.7 Å². The lowest BCUT2D eigenvalue weighted by Crippen LogP contribution is -2.43. The molecule has 0 bridgehead atoms. The van der Waals surface area contributed by atoms with E-state index in [1.807, 2.05) is 0 Å². The topological polar surface area (TPSA) is 110 Å². The molecule has 0 radical (unpaired) electrons. The number of carbonyl (C=O) groups is 1. The van der Waals surface area contributed by atoms with Gasteiger partial charge < -0.3 is 10.1 Å². The van der Waals surface area contributed by atoms with Gasteiger partial charge in [0.1, 0.15) is 11.4 Å². The van der Waals surface area contributed by atoms with E-state index in [-0.39, 0.29) is 17.4 Å². The number of alkyl carbamates (subject to hydrolysis) is 1. The van der Waals surface area contributed by atoms with Crippen LogP contribution in [-0.2, 0) is 21.3 Å². The Morgan fingerprint density at radius 2 is 1.69 bits per heavy atom. The highest BCUT2D eigenvalue weighted by atomic mass is 35.5. The monoisotopic (exact) mass is 608 g/mol. The Morgan fingerprint density at radius 1 is 1.00 bits per heavy atom. The number of nitrogens with one attached hydrogen (secondary N) is 2. The van der Waals surface area contributed by atoms with E-state index in [1.165, 1.54) is 24.4 Å². The van der Waals surface area contributed by atoms with Crippen LogP contribution in [-0.4, -0.2) is 31.1 Å². The lowest BCUT2D eigenvalue weighted by atomic mass is 9.97. The van der Waals surface area contributed by atoms with Gasteiger partial charge >= 0.3 is 6.09 Å². The molecule has 0 aliphatic carbocycles. The van der Waals surface area contributed by atoms with E-state index < -0.39 is 27.5 Å². The standard InChI is InChI=1S/C31H30ClFN4O4S/c1-20-10-15-25(27(33)16-20)28-26(22-11-13-23(32)14-12-22)17-21(18-34-28)19-35-29(36-30(38)41-31(2,3)4)37-42(39,40)24-8-6-5-7-9-24/h5-18H,19H2,1-4H3,(H2,35,36,37,38). The van der Waals surface area contributed by atoms with Crippen LogP contribution in [0.1, 0.15) is 31.9 Å². The molecule has 1 amide bonds. The Hall–Kier alpha value is -4.28. The van der Waals surface area contributed by atoms with Crippen molar-refractivity contribution in [1.29, 1.82) is 0 Å². The average molecular weight is 609 g/mol. The number of carbonyl (C=O) groups excluding carboxylic acids is 1. The van der Waals surface area contributed by atoms with Gasteiger partial charge in [0.05, 0.1) is 10.6 Å². The summed E-state index contributed by atoms with van der Waals surface area (Å²) >= 11 is 6.10. The van der Waals surface area contributed by atoms with Crippen molar-refractivity contribution < 1.29 is 22.3 Å². The van der Waals surface area contributed by atoms with Gasteiger partial charge in [-0.05, 0) is 86.8 Å². The highest BCUT2D eigenvalue weighted by Crippen LogP contribution is 2.33. The second kappa shape index (κ2) is 12.7. The first-order valence-corrected chi connectivity index (χ1v) is 14.8. The van der Waals surface area contributed by atoms with E-state index in [1.54, 1.807) is 88.4 Å². The summed E-state index contributed by atoms with van der Waals surface area (Å²) in [6.07, 6.45) is 0.653. The molecule has 0 aliphatic rings. The fraction of sp³-hybridized carbons (Fsp3) is 0.194. The molecular weight excluding hydrogens is 579 g/mol. The van der Waals surface area contributed by atoms with Crippen LogP contribution < -0.4 is 10.6 Å². The number of hydrogen-bond acceptors (Lipinski definition) is 5. The molecular formula is C31H30ClFN4O4S. The molecule has 3 aromatic carbocycles. The number of amides is 1. The fourth-order valence-electron chi connectivity index (χ4n) is 3.93. The van der Waals surface area contributed by atoms with Gasteiger partial charge in [0.2, 0.25) is 5.96 Å². The predicted octanol–water partition coefficient (Wildman–Crippen LogP) is 6.88. The molecule has 0 unspecified atom stereocenters. The van der Waals surface area contributed by atoms with Crippen molar-refractivity contribution in [3.8, 4) is 22.4 Å². The predicted molar refractivity (Wildman–Crippen MR) is 162 cm³/mol. The summed E-state index contributed by atoms with van der Waals surface area (Å²) in [7, 11) is -4.17. The molecule has 218 valence electrons. The van der Waals surface area contributed by atoms with Gasteiger partial charge in [-0.3, -0.25) is 10.3 Å². The molecule has 2 N–H and O–H groups in total. The summed E-state index contributed by atoms with van der Waals surface area (Å²) in [6.45, 7) is 6.86. The van der Waals surface area contributed by atoms with Crippen LogP contribution in [0.5, 0.6) is 0 Å². The lowest BCUT2D eigenvalue weighted by molar-refractivity contribution is 0.0561. The van der Waals surface area contributed by atoms with E-state index in [9.17, 15) is 17.6 Å². The molecule has 0 fully saturated rings. The van der Waals surface area contributed by atoms with Crippen molar-refractivity contribution >= 4 is 33.7 Å². The van der Waals surface area contributed by atoms with Crippen molar-refractivity contribution in [3.05, 3.63) is 107 Å². The van der Waals surface area contributed by atoms with E-state index in [0.29, 0.717) is 27.4 Å². The SMILES string of the molecule is Cc1ccc(-c2ncc(CN/C(=N/S(=O)(=O)c3ccccc3)NC(=O)OC(C)(C)C)cc2-c2ccc(Cl)cc2)c(F)c1. The minimum Gasteiger partial charge on any atom is -0.444 e. The first-order valence-electron chi connectivity index (χ1n) is 13.0. The Balaban J connectivity index is 1.70. The largest absolute Gasteiger partial charge is 0.444 e. The van der Waals surface area contributed by atoms with Crippen LogP contribution >= 0.6 is 11.6 Å². The second-order valence-electron chi connectivity index (χ2n) is 10.4. The molecule has 0 spiro atoms. The Labute approximate surface area is 249 Å². The zero-order valence-electron chi connectivity index (χ0n) is 23.5. The van der Waals surface area contributed by atoms with Gasteiger partial charge in [-0.2, -0.15) is 8.42 Å². The van der Waals surface area contributed by atoms with Crippen molar-refractivity contribution in [3.63, 3.8) is 0 Å². The average Bonchev–Trinajstić information content (AvgIpc) is 2.91. The molecule has 8 nitrogen and oxygen atoms in total. The number of pyridine rings is 1. The third kappa shape index (κ3) is 8.14. The zero-order valence-corrected chi connectivity index (χ0v) is 25.1. The van der Waals surface area contributed by atoms with Crippen molar-refractivity contribution in [2.24, 2.45) is 4.40 Å². The van der Waals surface area contributed by atoms with Crippen molar-refractivity contribution in [2.75, 3.05) is 0 Å². The highest BCUT2D eigenvalue weighted by Gasteiger charge is 2.21. The van der Waals surface area contributed by atoms with E-state index in [4.69, 9.17) is 16.3 Å². The number of hydrogen-bond donors (Lipinski definition) is 2. The summed E-state index contributed by atoms with van der Waals surface area (Å²) in [5.41, 5.74) is 2.68. The first-order chi connectivity index (χ1) is 19.8. The van der Waals surface area contributed by atoms with E-state index >= 15 is 0 Å². The molecule has 1 heterocycles. The van der Waals surface area contributed by atoms with Gasteiger partial charge in [0.15, 0.2) is 0 Å². The Morgan fingerprint density at radius 3 is 2.33 bits per heavy atom. The number of aryl methyl sites for hydroxylation is 1. The van der Waals surface area contributed by atoms with Crippen LogP contribution in [0.3, 0.4) is 0 Å². The van der Waals surface area contributed by atoms with Crippen LogP contribution in [0, 0.1) is 12.7 Å². The third-order valence-electron chi connectivity index (χ3n) is 5.81. The number of nitrogens with zero attached hydrogens (tertiary/aromatic N) is 2. The summed E-state index contributed by atoms with van der Waals surface area (Å²) in [4.78, 5) is 17.0. The quantitative estimate of drug-likeness (QED) is 0.182. The van der Waals surface area contributed by atoms with Crippen LogP contribution in [0.2, 0.25) is 5.02 Å². The molecule has 4 aromatic rings. The smallest absolute Gasteiger partial charge is 0.414 e. The van der Waals surface area contributed by atoms with Gasteiger partial charge in [-0.15, -0.1) is 4.40 Å². The number of guanidine groups is 1. The first kappa shape index (κ1) is 30.7.